The quantitative estimate of drug-likeness (QED) is 0.589. The fraction of sp³-hybridized carbons (Fsp3) is 0.192. The Bertz CT molecular complexity index is 1440. The molecule has 0 aromatic heterocycles. The van der Waals surface area contributed by atoms with Crippen molar-refractivity contribution in [3.05, 3.63) is 71.3 Å². The topological polar surface area (TPSA) is 107 Å². The summed E-state index contributed by atoms with van der Waals surface area (Å²) in [6, 6.07) is 15.3. The molecule has 3 aromatic rings. The van der Waals surface area contributed by atoms with Crippen molar-refractivity contribution < 1.29 is 33.3 Å². The van der Waals surface area contributed by atoms with E-state index in [1.165, 1.54) is 24.0 Å². The van der Waals surface area contributed by atoms with E-state index < -0.39 is 12.1 Å². The predicted octanol–water partition coefficient (Wildman–Crippen LogP) is 3.19. The molecule has 1 atom stereocenters. The largest absolute Gasteiger partial charge is 0.493 e. The maximum absolute atomic E-state index is 13.7. The number of amides is 3. The van der Waals surface area contributed by atoms with Crippen LogP contribution in [-0.4, -0.2) is 50.2 Å². The third-order valence-electron chi connectivity index (χ3n) is 6.45. The molecule has 1 unspecified atom stereocenters. The Hall–Kier alpha value is -4.73. The number of hydrogen-bond acceptors (Lipinski definition) is 7. The van der Waals surface area contributed by atoms with Crippen LogP contribution < -0.4 is 29.2 Å². The zero-order valence-corrected chi connectivity index (χ0v) is 19.4. The molecular formula is C26H21N3O7. The SMILES string of the molecule is COc1ccc2c(c1OC)C(=O)N1c3ccccc3C(=O)N(CC(=O)Nc3ccc4c(c3)OCO4)C21. The standard InChI is InChI=1S/C26H21N3O7/c1-33-19-10-8-16-22(23(19)34-2)26(32)29-17-6-4-3-5-15(17)25(31)28(24(16)29)12-21(30)27-14-7-9-18-20(11-14)36-13-35-18/h3-11,24H,12-13H2,1-2H3,(H,27,30). The molecule has 182 valence electrons. The average molecular weight is 487 g/mol. The molecule has 3 aromatic carbocycles. The third kappa shape index (κ3) is 3.14. The van der Waals surface area contributed by atoms with Gasteiger partial charge in [0.1, 0.15) is 12.7 Å². The summed E-state index contributed by atoms with van der Waals surface area (Å²) in [6.07, 6.45) is -0.822. The molecule has 10 heteroatoms. The number of methoxy groups -OCH3 is 2. The number of anilines is 2. The lowest BCUT2D eigenvalue weighted by molar-refractivity contribution is -0.117. The first-order valence-corrected chi connectivity index (χ1v) is 11.2. The normalized spacial score (nSPS) is 16.9. The number of ether oxygens (including phenoxy) is 4. The molecule has 0 saturated carbocycles. The van der Waals surface area contributed by atoms with Gasteiger partial charge in [-0.15, -0.1) is 0 Å². The lowest BCUT2D eigenvalue weighted by Gasteiger charge is -2.40. The van der Waals surface area contributed by atoms with Gasteiger partial charge in [-0.2, -0.15) is 0 Å². The summed E-state index contributed by atoms with van der Waals surface area (Å²) in [6.45, 7) is -0.169. The zero-order chi connectivity index (χ0) is 25.0. The van der Waals surface area contributed by atoms with Crippen LogP contribution in [0, 0.1) is 0 Å². The lowest BCUT2D eigenvalue weighted by atomic mass is 10.0. The molecule has 3 heterocycles. The first kappa shape index (κ1) is 21.8. The van der Waals surface area contributed by atoms with E-state index in [1.54, 1.807) is 54.6 Å². The number of carbonyl (C=O) groups excluding carboxylic acids is 3. The second-order valence-electron chi connectivity index (χ2n) is 8.38. The summed E-state index contributed by atoms with van der Waals surface area (Å²) in [5.41, 5.74) is 2.16. The molecule has 0 spiro atoms. The Balaban J connectivity index is 1.39. The van der Waals surface area contributed by atoms with Crippen LogP contribution in [0.4, 0.5) is 11.4 Å². The third-order valence-corrected chi connectivity index (χ3v) is 6.45. The van der Waals surface area contributed by atoms with Crippen LogP contribution in [0.3, 0.4) is 0 Å². The van der Waals surface area contributed by atoms with Gasteiger partial charge in [0, 0.05) is 17.3 Å². The van der Waals surface area contributed by atoms with E-state index in [9.17, 15) is 14.4 Å². The average Bonchev–Trinajstić information content (AvgIpc) is 3.48. The van der Waals surface area contributed by atoms with Crippen LogP contribution >= 0.6 is 0 Å². The van der Waals surface area contributed by atoms with Crippen LogP contribution in [0.25, 0.3) is 0 Å². The first-order chi connectivity index (χ1) is 17.5. The van der Waals surface area contributed by atoms with Gasteiger partial charge in [-0.25, -0.2) is 0 Å². The van der Waals surface area contributed by atoms with Crippen molar-refractivity contribution >= 4 is 29.1 Å². The molecule has 3 aliphatic rings. The Labute approximate surface area is 205 Å². The summed E-state index contributed by atoms with van der Waals surface area (Å²) in [5.74, 6) is 0.674. The highest BCUT2D eigenvalue weighted by molar-refractivity contribution is 6.18. The Morgan fingerprint density at radius 3 is 2.61 bits per heavy atom. The summed E-state index contributed by atoms with van der Waals surface area (Å²) in [5, 5.41) is 2.80. The summed E-state index contributed by atoms with van der Waals surface area (Å²) in [7, 11) is 2.95. The second-order valence-corrected chi connectivity index (χ2v) is 8.38. The number of benzene rings is 3. The van der Waals surface area contributed by atoms with E-state index in [1.807, 2.05) is 0 Å². The highest BCUT2D eigenvalue weighted by atomic mass is 16.7. The van der Waals surface area contributed by atoms with Crippen molar-refractivity contribution in [3.8, 4) is 23.0 Å². The molecular weight excluding hydrogens is 466 g/mol. The van der Waals surface area contributed by atoms with Crippen LogP contribution in [0.5, 0.6) is 23.0 Å². The monoisotopic (exact) mass is 487 g/mol. The minimum absolute atomic E-state index is 0.119. The van der Waals surface area contributed by atoms with E-state index in [4.69, 9.17) is 18.9 Å². The van der Waals surface area contributed by atoms with Crippen LogP contribution in [0.2, 0.25) is 0 Å². The summed E-state index contributed by atoms with van der Waals surface area (Å²) in [4.78, 5) is 43.3. The van der Waals surface area contributed by atoms with Gasteiger partial charge in [0.2, 0.25) is 12.7 Å². The molecule has 0 saturated heterocycles. The molecule has 1 N–H and O–H groups in total. The number of nitrogens with zero attached hydrogens (tertiary/aromatic N) is 2. The molecule has 0 radical (unpaired) electrons. The lowest BCUT2D eigenvalue weighted by Crippen LogP contribution is -2.50. The Morgan fingerprint density at radius 2 is 1.81 bits per heavy atom. The molecule has 0 fully saturated rings. The zero-order valence-electron chi connectivity index (χ0n) is 19.4. The molecule has 10 nitrogen and oxygen atoms in total. The number of rotatable bonds is 5. The minimum atomic E-state index is -0.822. The van der Waals surface area contributed by atoms with Crippen molar-refractivity contribution in [2.24, 2.45) is 0 Å². The van der Waals surface area contributed by atoms with Gasteiger partial charge in [0.15, 0.2) is 23.0 Å². The van der Waals surface area contributed by atoms with Crippen molar-refractivity contribution in [2.45, 2.75) is 6.17 Å². The van der Waals surface area contributed by atoms with Gasteiger partial charge in [-0.1, -0.05) is 18.2 Å². The minimum Gasteiger partial charge on any atom is -0.493 e. The smallest absolute Gasteiger partial charge is 0.264 e. The van der Waals surface area contributed by atoms with Crippen molar-refractivity contribution in [2.75, 3.05) is 37.8 Å². The van der Waals surface area contributed by atoms with Crippen LogP contribution in [0.15, 0.2) is 54.6 Å². The first-order valence-electron chi connectivity index (χ1n) is 11.2. The molecule has 3 amide bonds. The molecule has 3 aliphatic heterocycles. The summed E-state index contributed by atoms with van der Waals surface area (Å²) >= 11 is 0. The number of carbonyl (C=O) groups is 3. The maximum Gasteiger partial charge on any atom is 0.264 e. The molecule has 0 aliphatic carbocycles. The number of nitrogens with one attached hydrogen (secondary N) is 1. The highest BCUT2D eigenvalue weighted by Gasteiger charge is 2.50. The van der Waals surface area contributed by atoms with Gasteiger partial charge in [0.25, 0.3) is 11.8 Å². The Kier molecular flexibility index (Phi) is 4.96. The van der Waals surface area contributed by atoms with E-state index >= 15 is 0 Å². The maximum atomic E-state index is 13.7. The summed E-state index contributed by atoms with van der Waals surface area (Å²) < 4.78 is 21.6. The molecule has 6 rings (SSSR count). The van der Waals surface area contributed by atoms with E-state index in [2.05, 4.69) is 5.32 Å². The van der Waals surface area contributed by atoms with Gasteiger partial charge >= 0.3 is 0 Å². The van der Waals surface area contributed by atoms with Crippen LogP contribution in [-0.2, 0) is 4.79 Å². The van der Waals surface area contributed by atoms with Crippen molar-refractivity contribution in [1.29, 1.82) is 0 Å². The van der Waals surface area contributed by atoms with Gasteiger partial charge in [-0.3, -0.25) is 19.3 Å². The number of fused-ring (bicyclic) bond motifs is 6. The predicted molar refractivity (Wildman–Crippen MR) is 128 cm³/mol. The van der Waals surface area contributed by atoms with Gasteiger partial charge in [-0.05, 0) is 30.3 Å². The molecule has 36 heavy (non-hydrogen) atoms. The van der Waals surface area contributed by atoms with Crippen LogP contribution in [0.1, 0.15) is 32.4 Å². The number of para-hydroxylation sites is 1. The van der Waals surface area contributed by atoms with E-state index in [0.717, 1.165) is 0 Å². The fourth-order valence-corrected chi connectivity index (χ4v) is 4.92. The Morgan fingerprint density at radius 1 is 1.00 bits per heavy atom. The fourth-order valence-electron chi connectivity index (χ4n) is 4.92. The van der Waals surface area contributed by atoms with Gasteiger partial charge in [0.05, 0.1) is 31.0 Å². The van der Waals surface area contributed by atoms with Crippen molar-refractivity contribution in [3.63, 3.8) is 0 Å². The van der Waals surface area contributed by atoms with Crippen molar-refractivity contribution in [1.82, 2.24) is 4.90 Å². The van der Waals surface area contributed by atoms with Gasteiger partial charge < -0.3 is 29.2 Å². The van der Waals surface area contributed by atoms with E-state index in [-0.39, 0.29) is 30.9 Å². The highest BCUT2D eigenvalue weighted by Crippen LogP contribution is 2.49. The molecule has 0 bridgehead atoms. The van der Waals surface area contributed by atoms with E-state index in [0.29, 0.717) is 45.3 Å². The number of hydrogen-bond donors (Lipinski definition) is 1. The second kappa shape index (κ2) is 8.19.